The van der Waals surface area contributed by atoms with Gasteiger partial charge in [0.15, 0.2) is 11.3 Å². The molecule has 2 aliphatic rings. The largest absolute Gasteiger partial charge is 0.513 e. The summed E-state index contributed by atoms with van der Waals surface area (Å²) in [4.78, 5) is 91.0. The van der Waals surface area contributed by atoms with E-state index in [0.29, 0.717) is 10.1 Å². The van der Waals surface area contributed by atoms with E-state index in [4.69, 9.17) is 9.15 Å². The molecule has 3 N–H and O–H groups in total. The Kier molecular flexibility index (Phi) is 8.18. The van der Waals surface area contributed by atoms with Gasteiger partial charge in [0, 0.05) is 4.75 Å². The summed E-state index contributed by atoms with van der Waals surface area (Å²) >= 11 is 1.25. The van der Waals surface area contributed by atoms with Crippen LogP contribution < -0.4 is 26.7 Å². The summed E-state index contributed by atoms with van der Waals surface area (Å²) in [5.74, 6) is -4.87. The fourth-order valence-corrected chi connectivity index (χ4v) is 7.02. The van der Waals surface area contributed by atoms with Gasteiger partial charge in [-0.15, -0.1) is 11.8 Å². The Morgan fingerprint density at radius 1 is 1.02 bits per heavy atom. The van der Waals surface area contributed by atoms with Crippen LogP contribution in [0.15, 0.2) is 62.5 Å². The number of hydrogen-bond acceptors (Lipinski definition) is 11. The number of fused-ring (bicyclic) bond motifs is 2. The van der Waals surface area contributed by atoms with Gasteiger partial charge in [-0.2, -0.15) is 0 Å². The van der Waals surface area contributed by atoms with E-state index in [-0.39, 0.29) is 16.7 Å². The molecular formula is C29H28N4O11S. The minimum absolute atomic E-state index is 0.169. The Balaban J connectivity index is 1.40. The highest BCUT2D eigenvalue weighted by atomic mass is 32.2. The summed E-state index contributed by atoms with van der Waals surface area (Å²) in [6, 6.07) is 7.09. The Bertz CT molecular complexity index is 1840. The van der Waals surface area contributed by atoms with E-state index < -0.39 is 75.4 Å². The lowest BCUT2D eigenvalue weighted by Crippen LogP contribution is -2.71. The lowest BCUT2D eigenvalue weighted by Gasteiger charge is -2.44. The van der Waals surface area contributed by atoms with Gasteiger partial charge in [0.2, 0.25) is 17.7 Å². The number of rotatable bonds is 8. The van der Waals surface area contributed by atoms with Gasteiger partial charge < -0.3 is 34.5 Å². The van der Waals surface area contributed by atoms with Crippen molar-refractivity contribution in [3.05, 3.63) is 75.0 Å². The summed E-state index contributed by atoms with van der Waals surface area (Å²) < 4.78 is 14.4. The third-order valence-electron chi connectivity index (χ3n) is 7.60. The van der Waals surface area contributed by atoms with Gasteiger partial charge in [-0.25, -0.2) is 19.0 Å². The Morgan fingerprint density at radius 2 is 1.71 bits per heavy atom. The first-order chi connectivity index (χ1) is 21.3. The Labute approximate surface area is 258 Å². The summed E-state index contributed by atoms with van der Waals surface area (Å²) in [7, 11) is 1.07. The minimum Gasteiger partial charge on any atom is -0.480 e. The first-order valence-electron chi connectivity index (χ1n) is 13.6. The molecule has 15 nitrogen and oxygen atoms in total. The van der Waals surface area contributed by atoms with Gasteiger partial charge in [-0.3, -0.25) is 19.2 Å². The number of β-lactam (4-membered cyclic amide) rings is 1. The molecule has 45 heavy (non-hydrogen) atoms. The van der Waals surface area contributed by atoms with Crippen molar-refractivity contribution in [1.82, 2.24) is 20.1 Å². The molecule has 1 aromatic heterocycles. The summed E-state index contributed by atoms with van der Waals surface area (Å²) in [5.41, 5.74) is -0.918. The standard InChI is InChI=1S/C29H28N4O11S/c1-13(32-23(36)15-11-8-12-16(43-28(41)42-4)19(15)44-27(32)40)21(34)30-17(14-9-6-5-7-10-14)22(35)31-18-24(37)33-20(26(38)39)29(2,3)45-25(18)33/h5-13,17-18,20,25H,1-4H3,(H,30,34)(H,31,35)(H,38,39)/t13-,17+,18+,20-,25+/m0/s1. The first kappa shape index (κ1) is 31.3. The normalized spacial score (nSPS) is 21.2. The number of aromatic nitrogens is 1. The summed E-state index contributed by atoms with van der Waals surface area (Å²) in [6.07, 6.45) is -1.11. The van der Waals surface area contributed by atoms with Crippen LogP contribution in [0.3, 0.4) is 0 Å². The molecule has 3 amide bonds. The van der Waals surface area contributed by atoms with E-state index in [1.807, 2.05) is 0 Å². The van der Waals surface area contributed by atoms with E-state index in [9.17, 15) is 38.7 Å². The molecule has 0 saturated carbocycles. The van der Waals surface area contributed by atoms with Crippen LogP contribution in [-0.2, 0) is 23.9 Å². The van der Waals surface area contributed by atoms with Crippen LogP contribution in [0.1, 0.15) is 38.4 Å². The van der Waals surface area contributed by atoms with Gasteiger partial charge >= 0.3 is 17.9 Å². The third-order valence-corrected chi connectivity index (χ3v) is 9.17. The predicted molar refractivity (Wildman–Crippen MR) is 157 cm³/mol. The van der Waals surface area contributed by atoms with Gasteiger partial charge in [0.1, 0.15) is 29.5 Å². The number of aliphatic carboxylic acids is 1. The van der Waals surface area contributed by atoms with Crippen molar-refractivity contribution < 1.29 is 43.0 Å². The number of nitrogens with zero attached hydrogens (tertiary/aromatic N) is 2. The Morgan fingerprint density at radius 3 is 2.36 bits per heavy atom. The van der Waals surface area contributed by atoms with Crippen LogP contribution in [0.4, 0.5) is 4.79 Å². The Hall–Kier alpha value is -5.12. The molecule has 2 saturated heterocycles. The zero-order valence-electron chi connectivity index (χ0n) is 24.3. The quantitative estimate of drug-likeness (QED) is 0.180. The van der Waals surface area contributed by atoms with Crippen molar-refractivity contribution in [2.45, 2.75) is 55.1 Å². The molecule has 3 aromatic rings. The molecular weight excluding hydrogens is 612 g/mol. The molecule has 0 unspecified atom stereocenters. The first-order valence-corrected chi connectivity index (χ1v) is 14.5. The van der Waals surface area contributed by atoms with Gasteiger partial charge in [-0.1, -0.05) is 36.4 Å². The molecule has 3 heterocycles. The third kappa shape index (κ3) is 5.52. The lowest BCUT2D eigenvalue weighted by molar-refractivity contribution is -0.161. The number of benzene rings is 2. The van der Waals surface area contributed by atoms with E-state index in [2.05, 4.69) is 15.4 Å². The molecule has 0 bridgehead atoms. The highest BCUT2D eigenvalue weighted by Gasteiger charge is 2.64. The minimum atomic E-state index is -1.48. The molecule has 5 rings (SSSR count). The number of carboxylic acids is 1. The number of amides is 3. The van der Waals surface area contributed by atoms with Gasteiger partial charge in [0.05, 0.1) is 12.5 Å². The van der Waals surface area contributed by atoms with Crippen LogP contribution in [0, 0.1) is 0 Å². The number of para-hydroxylation sites is 1. The number of nitrogens with one attached hydrogen (secondary N) is 2. The zero-order chi connectivity index (χ0) is 32.8. The van der Waals surface area contributed by atoms with Gasteiger partial charge in [-0.05, 0) is 38.5 Å². The molecule has 2 aromatic carbocycles. The monoisotopic (exact) mass is 640 g/mol. The number of ether oxygens (including phenoxy) is 2. The second-order valence-corrected chi connectivity index (χ2v) is 12.6. The van der Waals surface area contributed by atoms with Crippen LogP contribution in [0.5, 0.6) is 5.75 Å². The highest BCUT2D eigenvalue weighted by Crippen LogP contribution is 2.50. The van der Waals surface area contributed by atoms with Crippen LogP contribution in [0.25, 0.3) is 11.0 Å². The molecule has 2 aliphatic heterocycles. The predicted octanol–water partition coefficient (Wildman–Crippen LogP) is 1.15. The average Bonchev–Trinajstić information content (AvgIpc) is 3.26. The molecule has 5 atom stereocenters. The number of thioether (sulfide) groups is 1. The molecule has 2 fully saturated rings. The maximum atomic E-state index is 13.6. The van der Waals surface area contributed by atoms with E-state index in [1.54, 1.807) is 44.2 Å². The molecule has 0 spiro atoms. The van der Waals surface area contributed by atoms with Gasteiger partial charge in [0.25, 0.3) is 5.56 Å². The topological polar surface area (TPSA) is 204 Å². The van der Waals surface area contributed by atoms with E-state index in [1.165, 1.54) is 41.8 Å². The molecule has 0 radical (unpaired) electrons. The fraction of sp³-hybridized carbons (Fsp3) is 0.345. The number of carbonyl (C=O) groups excluding carboxylic acids is 4. The maximum absolute atomic E-state index is 13.6. The van der Waals surface area contributed by atoms with E-state index in [0.717, 1.165) is 7.11 Å². The average molecular weight is 641 g/mol. The SMILES string of the molecule is COC(=O)Oc1cccc2c(=O)n([C@@H](C)C(=O)N[C@@H](C(=O)N[C@@H]3C(=O)N4[C@@H]3SC(C)(C)[C@@H]4C(=O)O)c3ccccc3)c(=O)oc12. The summed E-state index contributed by atoms with van der Waals surface area (Å²) in [6.45, 7) is 4.66. The van der Waals surface area contributed by atoms with Crippen molar-refractivity contribution in [2.75, 3.05) is 7.11 Å². The van der Waals surface area contributed by atoms with Crippen LogP contribution >= 0.6 is 11.8 Å². The fourth-order valence-electron chi connectivity index (χ4n) is 5.39. The van der Waals surface area contributed by atoms with E-state index >= 15 is 0 Å². The number of carboxylic acid groups (broad SMARTS) is 1. The zero-order valence-corrected chi connectivity index (χ0v) is 25.2. The lowest BCUT2D eigenvalue weighted by atomic mass is 9.95. The summed E-state index contributed by atoms with van der Waals surface area (Å²) in [5, 5.41) is 14.1. The maximum Gasteiger partial charge on any atom is 0.513 e. The number of methoxy groups -OCH3 is 1. The number of carbonyl (C=O) groups is 5. The van der Waals surface area contributed by atoms with Crippen molar-refractivity contribution in [3.8, 4) is 5.75 Å². The number of hydrogen-bond donors (Lipinski definition) is 3. The van der Waals surface area contributed by atoms with Crippen LogP contribution in [-0.4, -0.2) is 73.7 Å². The molecule has 16 heteroatoms. The van der Waals surface area contributed by atoms with Crippen molar-refractivity contribution in [2.24, 2.45) is 0 Å². The van der Waals surface area contributed by atoms with Crippen LogP contribution in [0.2, 0.25) is 0 Å². The second kappa shape index (κ2) is 11.8. The molecule has 236 valence electrons. The van der Waals surface area contributed by atoms with Crippen molar-refractivity contribution in [3.63, 3.8) is 0 Å². The molecule has 0 aliphatic carbocycles. The van der Waals surface area contributed by atoms with Crippen molar-refractivity contribution in [1.29, 1.82) is 0 Å². The second-order valence-electron chi connectivity index (χ2n) is 10.8. The smallest absolute Gasteiger partial charge is 0.480 e. The highest BCUT2D eigenvalue weighted by molar-refractivity contribution is 8.01. The van der Waals surface area contributed by atoms with Crippen molar-refractivity contribution >= 4 is 52.6 Å².